The van der Waals surface area contributed by atoms with Crippen LogP contribution in [0.3, 0.4) is 0 Å². The molecule has 4 rings (SSSR count). The molecule has 2 aromatic rings. The highest BCUT2D eigenvalue weighted by molar-refractivity contribution is 7.91. The van der Waals surface area contributed by atoms with Crippen molar-refractivity contribution in [3.63, 3.8) is 0 Å². The Kier molecular flexibility index (Phi) is 5.27. The van der Waals surface area contributed by atoms with Crippen LogP contribution in [0.25, 0.3) is 0 Å². The fourth-order valence-corrected chi connectivity index (χ4v) is 5.03. The van der Waals surface area contributed by atoms with Crippen LogP contribution in [-0.4, -0.2) is 32.6 Å². The van der Waals surface area contributed by atoms with Gasteiger partial charge in [0.1, 0.15) is 5.75 Å². The maximum Gasteiger partial charge on any atom is 0.262 e. The fraction of sp³-hybridized carbons (Fsp3) is 0.333. The zero-order chi connectivity index (χ0) is 20.4. The Hall–Kier alpha value is -2.87. The Morgan fingerprint density at radius 3 is 2.90 bits per heavy atom. The predicted molar refractivity (Wildman–Crippen MR) is 108 cm³/mol. The van der Waals surface area contributed by atoms with E-state index in [1.807, 2.05) is 18.2 Å². The number of sulfone groups is 1. The smallest absolute Gasteiger partial charge is 0.262 e. The highest BCUT2D eigenvalue weighted by Gasteiger charge is 2.24. The normalized spacial score (nSPS) is 18.1. The lowest BCUT2D eigenvalue weighted by Gasteiger charge is -2.26. The molecule has 1 aliphatic heterocycles. The van der Waals surface area contributed by atoms with Gasteiger partial charge in [-0.2, -0.15) is 0 Å². The van der Waals surface area contributed by atoms with E-state index in [0.29, 0.717) is 11.4 Å². The van der Waals surface area contributed by atoms with Gasteiger partial charge in [0, 0.05) is 6.42 Å². The average Bonchev–Trinajstić information content (AvgIpc) is 2.72. The number of hydrogen-bond acceptors (Lipinski definition) is 5. The molecule has 152 valence electrons. The van der Waals surface area contributed by atoms with Crippen LogP contribution in [0.1, 0.15) is 36.4 Å². The van der Waals surface area contributed by atoms with E-state index in [0.717, 1.165) is 24.8 Å². The first-order valence-electron chi connectivity index (χ1n) is 9.59. The molecule has 29 heavy (non-hydrogen) atoms. The van der Waals surface area contributed by atoms with Gasteiger partial charge < -0.3 is 15.4 Å². The van der Waals surface area contributed by atoms with Crippen LogP contribution in [0.5, 0.6) is 5.75 Å². The molecular formula is C21H22N2O5S. The molecule has 0 saturated heterocycles. The van der Waals surface area contributed by atoms with Crippen molar-refractivity contribution in [1.82, 2.24) is 5.32 Å². The highest BCUT2D eigenvalue weighted by atomic mass is 32.2. The maximum atomic E-state index is 12.7. The summed E-state index contributed by atoms with van der Waals surface area (Å²) in [5, 5.41) is 5.57. The summed E-state index contributed by atoms with van der Waals surface area (Å²) in [5.74, 6) is -0.498. The summed E-state index contributed by atoms with van der Waals surface area (Å²) >= 11 is 0. The van der Waals surface area contributed by atoms with E-state index >= 15 is 0 Å². The van der Waals surface area contributed by atoms with Gasteiger partial charge in [0.15, 0.2) is 16.4 Å². The monoisotopic (exact) mass is 414 g/mol. The van der Waals surface area contributed by atoms with Gasteiger partial charge in [-0.3, -0.25) is 9.59 Å². The Balaban J connectivity index is 1.40. The van der Waals surface area contributed by atoms with E-state index in [-0.39, 0.29) is 41.5 Å². The van der Waals surface area contributed by atoms with Crippen LogP contribution < -0.4 is 15.4 Å². The second-order valence-corrected chi connectivity index (χ2v) is 9.38. The van der Waals surface area contributed by atoms with Gasteiger partial charge in [0.2, 0.25) is 5.91 Å². The zero-order valence-electron chi connectivity index (χ0n) is 15.8. The Morgan fingerprint density at radius 2 is 2.03 bits per heavy atom. The minimum absolute atomic E-state index is 0.0536. The van der Waals surface area contributed by atoms with Crippen molar-refractivity contribution in [3.05, 3.63) is 53.6 Å². The molecule has 2 amide bonds. The molecule has 7 nitrogen and oxygen atoms in total. The van der Waals surface area contributed by atoms with Crippen molar-refractivity contribution in [1.29, 1.82) is 0 Å². The number of aryl methyl sites for hydroxylation is 1. The van der Waals surface area contributed by atoms with Crippen LogP contribution >= 0.6 is 0 Å². The minimum Gasteiger partial charge on any atom is -0.482 e. The van der Waals surface area contributed by atoms with Gasteiger partial charge in [-0.15, -0.1) is 0 Å². The lowest BCUT2D eigenvalue weighted by Crippen LogP contribution is -2.32. The summed E-state index contributed by atoms with van der Waals surface area (Å²) in [6.07, 6.45) is 2.71. The number of ether oxygens (including phenoxy) is 1. The molecule has 0 aromatic heterocycles. The van der Waals surface area contributed by atoms with Gasteiger partial charge in [-0.25, -0.2) is 8.42 Å². The standard InChI is InChI=1S/C21H22N2O5S/c24-20(22-17-7-3-5-14-4-1-2-6-16(14)17)10-11-29(26,27)15-8-9-19-18(12-15)23-21(25)13-28-19/h1-2,4,6,8-9,12,17H,3,5,7,10-11,13H2,(H,22,24)(H,23,25)/t17-/m0/s1. The number of nitrogens with one attached hydrogen (secondary N) is 2. The average molecular weight is 414 g/mol. The SMILES string of the molecule is O=C1COc2ccc(S(=O)(=O)CCC(=O)N[C@H]3CCCc4ccccc43)cc2N1. The Bertz CT molecular complexity index is 1060. The van der Waals surface area contributed by atoms with Crippen LogP contribution in [0.2, 0.25) is 0 Å². The molecule has 1 heterocycles. The quantitative estimate of drug-likeness (QED) is 0.782. The number of amides is 2. The van der Waals surface area contributed by atoms with Crippen molar-refractivity contribution in [2.45, 2.75) is 36.6 Å². The van der Waals surface area contributed by atoms with E-state index in [9.17, 15) is 18.0 Å². The molecule has 1 atom stereocenters. The lowest BCUT2D eigenvalue weighted by molar-refractivity contribution is -0.121. The topological polar surface area (TPSA) is 102 Å². The van der Waals surface area contributed by atoms with E-state index in [4.69, 9.17) is 4.74 Å². The van der Waals surface area contributed by atoms with Crippen LogP contribution in [-0.2, 0) is 25.8 Å². The lowest BCUT2D eigenvalue weighted by atomic mass is 9.88. The molecule has 8 heteroatoms. The molecule has 1 aliphatic carbocycles. The van der Waals surface area contributed by atoms with Crippen molar-refractivity contribution in [2.24, 2.45) is 0 Å². The Morgan fingerprint density at radius 1 is 1.21 bits per heavy atom. The number of benzene rings is 2. The summed E-state index contributed by atoms with van der Waals surface area (Å²) in [6.45, 7) is -0.0937. The first-order valence-corrected chi connectivity index (χ1v) is 11.2. The number of hydrogen-bond donors (Lipinski definition) is 2. The van der Waals surface area contributed by atoms with E-state index in [2.05, 4.69) is 16.7 Å². The second-order valence-electron chi connectivity index (χ2n) is 7.27. The summed E-state index contributed by atoms with van der Waals surface area (Å²) in [5.41, 5.74) is 2.67. The third kappa shape index (κ3) is 4.27. The van der Waals surface area contributed by atoms with E-state index in [1.54, 1.807) is 0 Å². The molecule has 2 aromatic carbocycles. The first-order chi connectivity index (χ1) is 13.9. The molecule has 0 fully saturated rings. The van der Waals surface area contributed by atoms with E-state index in [1.165, 1.54) is 23.8 Å². The van der Waals surface area contributed by atoms with Crippen LogP contribution in [0, 0.1) is 0 Å². The third-order valence-electron chi connectivity index (χ3n) is 5.25. The molecule has 2 N–H and O–H groups in total. The highest BCUT2D eigenvalue weighted by Crippen LogP contribution is 2.31. The van der Waals surface area contributed by atoms with Crippen LogP contribution in [0.4, 0.5) is 5.69 Å². The molecule has 0 unspecified atom stereocenters. The molecule has 0 saturated carbocycles. The predicted octanol–water partition coefficient (Wildman–Crippen LogP) is 2.38. The summed E-state index contributed by atoms with van der Waals surface area (Å²) in [7, 11) is -3.68. The minimum atomic E-state index is -3.68. The maximum absolute atomic E-state index is 12.7. The molecule has 0 bridgehead atoms. The zero-order valence-corrected chi connectivity index (χ0v) is 16.6. The van der Waals surface area contributed by atoms with Crippen LogP contribution in [0.15, 0.2) is 47.4 Å². The number of carbonyl (C=O) groups is 2. The number of rotatable bonds is 5. The van der Waals surface area contributed by atoms with Gasteiger partial charge in [-0.05, 0) is 48.6 Å². The van der Waals surface area contributed by atoms with Gasteiger partial charge in [0.05, 0.1) is 22.4 Å². The second kappa shape index (κ2) is 7.87. The van der Waals surface area contributed by atoms with Crippen molar-refractivity contribution < 1.29 is 22.7 Å². The number of fused-ring (bicyclic) bond motifs is 2. The summed E-state index contributed by atoms with van der Waals surface area (Å²) in [4.78, 5) is 23.9. The van der Waals surface area contributed by atoms with Crippen molar-refractivity contribution in [3.8, 4) is 5.75 Å². The number of anilines is 1. The summed E-state index contributed by atoms with van der Waals surface area (Å²) < 4.78 is 30.6. The largest absolute Gasteiger partial charge is 0.482 e. The number of carbonyl (C=O) groups excluding carboxylic acids is 2. The van der Waals surface area contributed by atoms with Gasteiger partial charge in [0.25, 0.3) is 5.91 Å². The first kappa shape index (κ1) is 19.4. The van der Waals surface area contributed by atoms with Crippen molar-refractivity contribution in [2.75, 3.05) is 17.7 Å². The van der Waals surface area contributed by atoms with E-state index < -0.39 is 9.84 Å². The van der Waals surface area contributed by atoms with Gasteiger partial charge >= 0.3 is 0 Å². The van der Waals surface area contributed by atoms with Crippen molar-refractivity contribution >= 4 is 27.3 Å². The molecular weight excluding hydrogens is 392 g/mol. The molecule has 2 aliphatic rings. The summed E-state index contributed by atoms with van der Waals surface area (Å²) in [6, 6.07) is 12.3. The Labute approximate surface area is 169 Å². The van der Waals surface area contributed by atoms with Gasteiger partial charge in [-0.1, -0.05) is 24.3 Å². The fourth-order valence-electron chi connectivity index (χ4n) is 3.77. The molecule has 0 radical (unpaired) electrons. The third-order valence-corrected chi connectivity index (χ3v) is 6.96. The molecule has 0 spiro atoms.